The van der Waals surface area contributed by atoms with Crippen LogP contribution in [0, 0.1) is 0 Å². The summed E-state index contributed by atoms with van der Waals surface area (Å²) in [6, 6.07) is 0. The predicted molar refractivity (Wildman–Crippen MR) is 30.9 cm³/mol. The van der Waals surface area contributed by atoms with E-state index < -0.39 is 0 Å². The van der Waals surface area contributed by atoms with Crippen LogP contribution in [0.25, 0.3) is 0 Å². The Bertz CT molecular complexity index is 84.9. The van der Waals surface area contributed by atoms with Gasteiger partial charge in [0.2, 0.25) is 0 Å². The molecule has 0 unspecified atom stereocenters. The lowest BCUT2D eigenvalue weighted by atomic mass is 10.8. The summed E-state index contributed by atoms with van der Waals surface area (Å²) in [4.78, 5) is 3.59. The summed E-state index contributed by atoms with van der Waals surface area (Å²) in [6.45, 7) is 3.47. The predicted octanol–water partition coefficient (Wildman–Crippen LogP) is -0.336. The zero-order chi connectivity index (χ0) is 5.70. The van der Waals surface area contributed by atoms with Gasteiger partial charge in [0.05, 0.1) is 6.34 Å². The number of rotatable bonds is 2. The van der Waals surface area contributed by atoms with E-state index in [4.69, 9.17) is 5.73 Å². The molecule has 0 aromatic carbocycles. The van der Waals surface area contributed by atoms with Crippen LogP contribution in [-0.4, -0.2) is 13.4 Å². The third-order valence-corrected chi connectivity index (χ3v) is 0.519. The Morgan fingerprint density at radius 1 is 2.00 bits per heavy atom. The van der Waals surface area contributed by atoms with Crippen LogP contribution in [0.15, 0.2) is 17.4 Å². The molecule has 0 bridgehead atoms. The fraction of sp³-hybridized carbons (Fsp3) is 0.250. The molecular weight excluding hydrogens is 90.1 g/mol. The average molecular weight is 99.1 g/mol. The maximum atomic E-state index is 4.91. The van der Waals surface area contributed by atoms with E-state index in [2.05, 4.69) is 16.9 Å². The summed E-state index contributed by atoms with van der Waals surface area (Å²) in [6.07, 6.45) is 1.19. The molecule has 3 nitrogen and oxygen atoms in total. The number of nitrogens with two attached hydrogens (primary N) is 1. The second kappa shape index (κ2) is 3.21. The zero-order valence-corrected chi connectivity index (χ0v) is 4.31. The number of hydrogen-bond acceptors (Lipinski definition) is 2. The third-order valence-electron chi connectivity index (χ3n) is 0.519. The topological polar surface area (TPSA) is 50.4 Å². The summed E-state index contributed by atoms with van der Waals surface area (Å²) >= 11 is 0. The van der Waals surface area contributed by atoms with Crippen LogP contribution in [0.3, 0.4) is 0 Å². The van der Waals surface area contributed by atoms with Gasteiger partial charge in [-0.15, -0.1) is 0 Å². The molecule has 0 saturated carbocycles. The number of nitrogens with zero attached hydrogens (tertiary/aromatic N) is 1. The van der Waals surface area contributed by atoms with Gasteiger partial charge >= 0.3 is 0 Å². The highest BCUT2D eigenvalue weighted by Crippen LogP contribution is 1.76. The van der Waals surface area contributed by atoms with Crippen LogP contribution in [0.2, 0.25) is 0 Å². The SMILES string of the molecule is C=C(/N=C\N)NC. The third kappa shape index (κ3) is 2.82. The lowest BCUT2D eigenvalue weighted by molar-refractivity contribution is 0.975. The monoisotopic (exact) mass is 99.1 g/mol. The summed E-state index contributed by atoms with van der Waals surface area (Å²) in [5, 5.41) is 2.69. The fourth-order valence-corrected chi connectivity index (χ4v) is 0.155. The molecule has 0 heterocycles. The molecule has 40 valence electrons. The largest absolute Gasteiger partial charge is 0.390 e. The Balaban J connectivity index is 3.37. The van der Waals surface area contributed by atoms with E-state index in [0.717, 1.165) is 0 Å². The molecule has 0 aliphatic carbocycles. The van der Waals surface area contributed by atoms with E-state index in [1.165, 1.54) is 6.34 Å². The van der Waals surface area contributed by atoms with Gasteiger partial charge in [-0.25, -0.2) is 4.99 Å². The van der Waals surface area contributed by atoms with Crippen molar-refractivity contribution in [1.82, 2.24) is 5.32 Å². The van der Waals surface area contributed by atoms with Gasteiger partial charge in [0.25, 0.3) is 0 Å². The number of aliphatic imine (C=N–C) groups is 1. The molecule has 0 saturated heterocycles. The highest BCUT2D eigenvalue weighted by atomic mass is 15.0. The summed E-state index contributed by atoms with van der Waals surface area (Å²) in [7, 11) is 1.73. The first-order valence-corrected chi connectivity index (χ1v) is 1.92. The molecular formula is C4H9N3. The molecule has 0 aromatic heterocycles. The minimum atomic E-state index is 0.572. The Kier molecular flexibility index (Phi) is 2.76. The molecule has 0 aliphatic rings. The Hall–Kier alpha value is -0.990. The van der Waals surface area contributed by atoms with Crippen LogP contribution in [0.5, 0.6) is 0 Å². The highest BCUT2D eigenvalue weighted by Gasteiger charge is 1.72. The first-order valence-electron chi connectivity index (χ1n) is 1.92. The minimum absolute atomic E-state index is 0.572. The second-order valence-electron chi connectivity index (χ2n) is 0.975. The van der Waals surface area contributed by atoms with E-state index in [-0.39, 0.29) is 0 Å². The van der Waals surface area contributed by atoms with Crippen LogP contribution in [0.1, 0.15) is 0 Å². The van der Waals surface area contributed by atoms with E-state index >= 15 is 0 Å². The van der Waals surface area contributed by atoms with Crippen LogP contribution < -0.4 is 11.1 Å². The normalized spacial score (nSPS) is 9.29. The van der Waals surface area contributed by atoms with Crippen molar-refractivity contribution in [2.24, 2.45) is 10.7 Å². The lowest BCUT2D eigenvalue weighted by Gasteiger charge is -1.91. The quantitative estimate of drug-likeness (QED) is 0.367. The highest BCUT2D eigenvalue weighted by molar-refractivity contribution is 5.52. The average Bonchev–Trinajstić information content (AvgIpc) is 1.68. The Morgan fingerprint density at radius 3 is 2.71 bits per heavy atom. The number of nitrogens with one attached hydrogen (secondary N) is 1. The van der Waals surface area contributed by atoms with Gasteiger partial charge in [-0.05, 0) is 0 Å². The van der Waals surface area contributed by atoms with Gasteiger partial charge in [0, 0.05) is 7.05 Å². The van der Waals surface area contributed by atoms with Crippen molar-refractivity contribution >= 4 is 6.34 Å². The van der Waals surface area contributed by atoms with Gasteiger partial charge < -0.3 is 11.1 Å². The molecule has 7 heavy (non-hydrogen) atoms. The van der Waals surface area contributed by atoms with Crippen LogP contribution >= 0.6 is 0 Å². The number of hydrogen-bond donors (Lipinski definition) is 2. The molecule has 0 amide bonds. The van der Waals surface area contributed by atoms with Crippen molar-refractivity contribution in [3.8, 4) is 0 Å². The molecule has 0 fully saturated rings. The molecule has 3 heteroatoms. The van der Waals surface area contributed by atoms with E-state index in [9.17, 15) is 0 Å². The van der Waals surface area contributed by atoms with Crippen LogP contribution in [0.4, 0.5) is 0 Å². The molecule has 0 radical (unpaired) electrons. The minimum Gasteiger partial charge on any atom is -0.390 e. The van der Waals surface area contributed by atoms with Crippen molar-refractivity contribution in [3.63, 3.8) is 0 Å². The first kappa shape index (κ1) is 6.01. The molecule has 0 aromatic rings. The maximum absolute atomic E-state index is 4.91. The molecule has 0 spiro atoms. The smallest absolute Gasteiger partial charge is 0.120 e. The van der Waals surface area contributed by atoms with Crippen molar-refractivity contribution in [1.29, 1.82) is 0 Å². The Labute approximate surface area is 42.9 Å². The molecule has 0 atom stereocenters. The molecule has 0 rings (SSSR count). The van der Waals surface area contributed by atoms with Gasteiger partial charge in [0.15, 0.2) is 0 Å². The first-order chi connectivity index (χ1) is 3.31. The standard InChI is InChI=1S/C4H9N3/c1-4(6-2)7-3-5/h3,6H,1H2,2H3,(H2,5,7). The van der Waals surface area contributed by atoms with Gasteiger partial charge in [-0.2, -0.15) is 0 Å². The fourth-order valence-electron chi connectivity index (χ4n) is 0.155. The van der Waals surface area contributed by atoms with Gasteiger partial charge in [-0.1, -0.05) is 6.58 Å². The van der Waals surface area contributed by atoms with E-state index in [1.807, 2.05) is 0 Å². The van der Waals surface area contributed by atoms with Crippen molar-refractivity contribution in [2.75, 3.05) is 7.05 Å². The van der Waals surface area contributed by atoms with E-state index in [1.54, 1.807) is 7.05 Å². The second-order valence-corrected chi connectivity index (χ2v) is 0.975. The van der Waals surface area contributed by atoms with E-state index in [0.29, 0.717) is 5.82 Å². The summed E-state index contributed by atoms with van der Waals surface area (Å²) in [5.41, 5.74) is 4.91. The summed E-state index contributed by atoms with van der Waals surface area (Å²) in [5.74, 6) is 0.572. The summed E-state index contributed by atoms with van der Waals surface area (Å²) < 4.78 is 0. The lowest BCUT2D eigenvalue weighted by Crippen LogP contribution is -2.02. The van der Waals surface area contributed by atoms with Crippen molar-refractivity contribution < 1.29 is 0 Å². The van der Waals surface area contributed by atoms with Crippen molar-refractivity contribution in [3.05, 3.63) is 12.4 Å². The Morgan fingerprint density at radius 2 is 2.57 bits per heavy atom. The van der Waals surface area contributed by atoms with Crippen molar-refractivity contribution in [2.45, 2.75) is 0 Å². The maximum Gasteiger partial charge on any atom is 0.120 e. The molecule has 0 aliphatic heterocycles. The van der Waals surface area contributed by atoms with Crippen LogP contribution in [-0.2, 0) is 0 Å². The molecule has 3 N–H and O–H groups in total. The van der Waals surface area contributed by atoms with Gasteiger partial charge in [-0.3, -0.25) is 0 Å². The zero-order valence-electron chi connectivity index (χ0n) is 4.31. The van der Waals surface area contributed by atoms with Gasteiger partial charge in [0.1, 0.15) is 5.82 Å².